The number of rotatable bonds is 9. The molecule has 4 aromatic heterocycles. The molecule has 0 aromatic carbocycles. The van der Waals surface area contributed by atoms with E-state index in [4.69, 9.17) is 59.6 Å². The number of nitrogen functional groups attached to an aromatic ring is 2. The molecule has 2 aliphatic heterocycles. The Bertz CT molecular complexity index is 1930. The van der Waals surface area contributed by atoms with Gasteiger partial charge >= 0.3 is 5.97 Å². The molecule has 0 spiro atoms. The van der Waals surface area contributed by atoms with E-state index in [1.807, 2.05) is 34.6 Å². The minimum atomic E-state index is -1.10. The van der Waals surface area contributed by atoms with Crippen LogP contribution < -0.4 is 20.9 Å². The van der Waals surface area contributed by atoms with Crippen LogP contribution in [0.5, 0.6) is 11.8 Å². The number of aliphatic hydroxyl groups excluding tert-OH is 2. The quantitative estimate of drug-likeness (QED) is 0.138. The highest BCUT2D eigenvalue weighted by atomic mass is 32.2. The van der Waals surface area contributed by atoms with Crippen LogP contribution in [0.25, 0.3) is 20.7 Å². The van der Waals surface area contributed by atoms with Crippen molar-refractivity contribution in [2.45, 2.75) is 97.4 Å². The number of hydrogen-bond donors (Lipinski definition) is 4. The first-order chi connectivity index (χ1) is 23.3. The molecule has 4 aromatic rings. The number of aromatic nitrogens is 6. The van der Waals surface area contributed by atoms with Crippen molar-refractivity contribution in [3.63, 3.8) is 0 Å². The molecule has 0 aliphatic carbocycles. The fourth-order valence-corrected chi connectivity index (χ4v) is 8.56. The average Bonchev–Trinajstić information content (AvgIpc) is 3.74. The zero-order valence-corrected chi connectivity index (χ0v) is 31.0. The molecule has 2 fully saturated rings. The summed E-state index contributed by atoms with van der Waals surface area (Å²) in [7, 11) is 0. The number of carbonyl (C=O) groups is 1. The molecule has 0 unspecified atom stereocenters. The molecule has 16 nitrogen and oxygen atoms in total. The van der Waals surface area contributed by atoms with E-state index in [2.05, 4.69) is 19.9 Å². The summed E-state index contributed by atoms with van der Waals surface area (Å²) in [6.45, 7) is 11.9. The molecule has 20 heteroatoms. The van der Waals surface area contributed by atoms with Gasteiger partial charge in [0, 0.05) is 12.8 Å². The number of esters is 1. The van der Waals surface area contributed by atoms with Crippen molar-refractivity contribution in [1.82, 2.24) is 29.1 Å². The lowest BCUT2D eigenvalue weighted by molar-refractivity contribution is -0.153. The molecule has 6 N–H and O–H groups in total. The molecule has 0 bridgehead atoms. The number of aliphatic hydroxyl groups is 2. The predicted octanol–water partition coefficient (Wildman–Crippen LogP) is 4.31. The topological polar surface area (TPSA) is 217 Å². The van der Waals surface area contributed by atoms with Crippen LogP contribution in [0.1, 0.15) is 66.8 Å². The number of anilines is 2. The minimum Gasteiger partial charge on any atom is -0.477 e. The van der Waals surface area contributed by atoms with Crippen LogP contribution in [0.4, 0.5) is 11.9 Å². The summed E-state index contributed by atoms with van der Waals surface area (Å²) in [4.78, 5) is 28.4. The molecule has 268 valence electrons. The monoisotopic (exact) mass is 756 g/mol. The number of ether oxygens (including phenoxy) is 5. The van der Waals surface area contributed by atoms with Crippen molar-refractivity contribution in [3.8, 4) is 11.8 Å². The van der Waals surface area contributed by atoms with Crippen molar-refractivity contribution < 1.29 is 38.7 Å². The first-order valence-electron chi connectivity index (χ1n) is 15.8. The fourth-order valence-electron chi connectivity index (χ4n) is 5.90. The molecule has 0 radical (unpaired) electrons. The van der Waals surface area contributed by atoms with E-state index in [1.165, 1.54) is 29.6 Å². The molecule has 49 heavy (non-hydrogen) atoms. The Morgan fingerprint density at radius 1 is 0.816 bits per heavy atom. The first-order valence-corrected chi connectivity index (χ1v) is 18.3. The smallest absolute Gasteiger partial charge is 0.303 e. The van der Waals surface area contributed by atoms with Gasteiger partial charge in [-0.05, 0) is 51.1 Å². The molecule has 6 rings (SSSR count). The van der Waals surface area contributed by atoms with Crippen LogP contribution in [0.3, 0.4) is 0 Å². The van der Waals surface area contributed by atoms with Crippen LogP contribution in [-0.2, 0) is 19.0 Å². The number of thiazole rings is 2. The summed E-state index contributed by atoms with van der Waals surface area (Å²) in [6.07, 6.45) is -3.07. The van der Waals surface area contributed by atoms with E-state index in [1.54, 1.807) is 9.13 Å². The van der Waals surface area contributed by atoms with Gasteiger partial charge < -0.3 is 45.4 Å². The van der Waals surface area contributed by atoms with E-state index in [9.17, 15) is 15.0 Å². The SMILES string of the molecule is CCOc1nc(N)nc2c1sc(=S)n2[C@@H]1O[C@H](CC)[C@@H](C)[C@H]1OC(C)=O.CCOc1nc(N)nc2c1sc(=S)n2[C@@H]1O[C@H](CC)[C@@H](O)[C@H]1O. The van der Waals surface area contributed by atoms with Gasteiger partial charge in [0.2, 0.25) is 23.7 Å². The third kappa shape index (κ3) is 7.23. The van der Waals surface area contributed by atoms with E-state index >= 15 is 0 Å². The molecule has 0 saturated carbocycles. The summed E-state index contributed by atoms with van der Waals surface area (Å²) < 4.78 is 34.2. The first kappa shape index (κ1) is 37.2. The van der Waals surface area contributed by atoms with Gasteiger partial charge in [-0.1, -0.05) is 43.4 Å². The third-order valence-corrected chi connectivity index (χ3v) is 10.9. The lowest BCUT2D eigenvalue weighted by Crippen LogP contribution is -2.31. The molecule has 8 atom stereocenters. The minimum absolute atomic E-state index is 0.0243. The van der Waals surface area contributed by atoms with Crippen LogP contribution in [0, 0.1) is 13.8 Å². The van der Waals surface area contributed by atoms with Crippen LogP contribution in [0.15, 0.2) is 0 Å². The predicted molar refractivity (Wildman–Crippen MR) is 189 cm³/mol. The molecular weight excluding hydrogens is 717 g/mol. The Kier molecular flexibility index (Phi) is 11.7. The Balaban J connectivity index is 0.000000192. The van der Waals surface area contributed by atoms with E-state index < -0.39 is 36.9 Å². The van der Waals surface area contributed by atoms with Crippen LogP contribution >= 0.6 is 47.1 Å². The maximum absolute atomic E-state index is 11.6. The lowest BCUT2D eigenvalue weighted by Gasteiger charge is -2.22. The summed E-state index contributed by atoms with van der Waals surface area (Å²) >= 11 is 13.5. The summed E-state index contributed by atoms with van der Waals surface area (Å²) in [5, 5.41) is 20.4. The largest absolute Gasteiger partial charge is 0.477 e. The number of hydrogen-bond acceptors (Lipinski definition) is 18. The number of fused-ring (bicyclic) bond motifs is 2. The van der Waals surface area contributed by atoms with Crippen LogP contribution in [-0.4, -0.2) is 89.0 Å². The van der Waals surface area contributed by atoms with Gasteiger partial charge in [0.05, 0.1) is 25.4 Å². The highest BCUT2D eigenvalue weighted by molar-refractivity contribution is 7.74. The number of nitrogens with two attached hydrogens (primary N) is 2. The Morgan fingerprint density at radius 2 is 1.29 bits per heavy atom. The molecule has 6 heterocycles. The van der Waals surface area contributed by atoms with E-state index in [0.29, 0.717) is 60.0 Å². The standard InChI is InChI=1S/C16H22N4O4S2.C13H18N4O4S2/c1-5-9-7(3)10(23-8(4)21)14(24-9)20-12-11(26-16(20)25)13(22-6-2)19-15(17)18-12;1-3-5-6(18)7(19)11(21-5)17-9-8(23-13(17)22)10(20-4-2)16-12(14)15-9/h7,9-10,14H,5-6H2,1-4H3,(H2,17,18,19);5-7,11,18-19H,3-4H2,1-2H3,(H2,14,15,16)/t7-,9-,10-,14-;5-,6-,7-,11-/m11/s1. The number of carbonyl (C=O) groups excluding carboxylic acids is 1. The summed E-state index contributed by atoms with van der Waals surface area (Å²) in [6, 6.07) is 0. The van der Waals surface area contributed by atoms with Crippen molar-refractivity contribution in [2.75, 3.05) is 24.7 Å². The van der Waals surface area contributed by atoms with Gasteiger partial charge in [-0.2, -0.15) is 19.9 Å². The second-order valence-corrected chi connectivity index (χ2v) is 14.6. The lowest BCUT2D eigenvalue weighted by atomic mass is 9.98. The van der Waals surface area contributed by atoms with Gasteiger partial charge in [0.25, 0.3) is 0 Å². The van der Waals surface area contributed by atoms with Gasteiger partial charge in [-0.3, -0.25) is 13.9 Å². The maximum Gasteiger partial charge on any atom is 0.303 e. The Hall–Kier alpha value is -3.11. The summed E-state index contributed by atoms with van der Waals surface area (Å²) in [5.41, 5.74) is 12.6. The second-order valence-electron chi connectivity index (χ2n) is 11.3. The summed E-state index contributed by atoms with van der Waals surface area (Å²) in [5.74, 6) is 0.544. The highest BCUT2D eigenvalue weighted by Crippen LogP contribution is 2.42. The van der Waals surface area contributed by atoms with Gasteiger partial charge in [-0.15, -0.1) is 0 Å². The van der Waals surface area contributed by atoms with Gasteiger partial charge in [0.1, 0.15) is 21.6 Å². The van der Waals surface area contributed by atoms with E-state index in [-0.39, 0.29) is 29.9 Å². The Morgan fingerprint density at radius 3 is 1.71 bits per heavy atom. The Labute approximate surface area is 300 Å². The van der Waals surface area contributed by atoms with Gasteiger partial charge in [-0.25, -0.2) is 0 Å². The van der Waals surface area contributed by atoms with Crippen molar-refractivity contribution in [1.29, 1.82) is 0 Å². The van der Waals surface area contributed by atoms with Crippen molar-refractivity contribution in [2.24, 2.45) is 5.92 Å². The molecule has 2 saturated heterocycles. The average molecular weight is 757 g/mol. The van der Waals surface area contributed by atoms with Crippen molar-refractivity contribution >= 4 is 85.7 Å². The highest BCUT2D eigenvalue weighted by Gasteiger charge is 2.46. The zero-order chi connectivity index (χ0) is 35.7. The van der Waals surface area contributed by atoms with E-state index in [0.717, 1.165) is 6.42 Å². The number of nitrogens with zero attached hydrogens (tertiary/aromatic N) is 6. The van der Waals surface area contributed by atoms with Gasteiger partial charge in [0.15, 0.2) is 37.8 Å². The maximum atomic E-state index is 11.6. The molecule has 2 aliphatic rings. The second kappa shape index (κ2) is 15.4. The molecule has 0 amide bonds. The zero-order valence-electron chi connectivity index (χ0n) is 27.8. The normalized spacial score (nSPS) is 26.5. The van der Waals surface area contributed by atoms with Crippen molar-refractivity contribution in [3.05, 3.63) is 7.91 Å². The van der Waals surface area contributed by atoms with Crippen LogP contribution in [0.2, 0.25) is 0 Å². The fraction of sp³-hybridized carbons (Fsp3) is 0.621. The third-order valence-electron chi connectivity index (χ3n) is 8.11. The molecular formula is C29H40N8O8S4.